The zero-order valence-electron chi connectivity index (χ0n) is 16.3. The van der Waals surface area contributed by atoms with Crippen LogP contribution >= 0.6 is 11.6 Å². The molecule has 2 aliphatic heterocycles. The molecule has 0 atom stereocenters. The van der Waals surface area contributed by atoms with Crippen LogP contribution in [0.4, 0.5) is 0 Å². The van der Waals surface area contributed by atoms with Crippen molar-refractivity contribution < 1.29 is 22.7 Å². The van der Waals surface area contributed by atoms with E-state index >= 15 is 0 Å². The first-order valence-corrected chi connectivity index (χ1v) is 11.7. The van der Waals surface area contributed by atoms with Crippen molar-refractivity contribution in [2.45, 2.75) is 24.3 Å². The normalized spacial score (nSPS) is 17.5. The predicted molar refractivity (Wildman–Crippen MR) is 112 cm³/mol. The van der Waals surface area contributed by atoms with Gasteiger partial charge in [0.2, 0.25) is 15.9 Å². The molecule has 4 rings (SSSR count). The van der Waals surface area contributed by atoms with E-state index in [1.807, 2.05) is 18.2 Å². The van der Waals surface area contributed by atoms with E-state index in [9.17, 15) is 13.2 Å². The largest absolute Gasteiger partial charge is 0.486 e. The number of hydrogen-bond acceptors (Lipinski definition) is 5. The minimum Gasteiger partial charge on any atom is -0.486 e. The summed E-state index contributed by atoms with van der Waals surface area (Å²) in [4.78, 5) is 12.7. The molecular formula is C21H23ClN2O5S. The van der Waals surface area contributed by atoms with Gasteiger partial charge in [0.05, 0.1) is 4.90 Å². The summed E-state index contributed by atoms with van der Waals surface area (Å²) in [6, 6.07) is 12.0. The average Bonchev–Trinajstić information content (AvgIpc) is 2.78. The molecule has 1 N–H and O–H groups in total. The Morgan fingerprint density at radius 2 is 1.77 bits per heavy atom. The highest BCUT2D eigenvalue weighted by molar-refractivity contribution is 7.89. The summed E-state index contributed by atoms with van der Waals surface area (Å²) in [5, 5.41) is 3.52. The Labute approximate surface area is 181 Å². The summed E-state index contributed by atoms with van der Waals surface area (Å²) in [5.41, 5.74) is 0.853. The van der Waals surface area contributed by atoms with Gasteiger partial charge >= 0.3 is 0 Å². The first-order valence-electron chi connectivity index (χ1n) is 9.86. The fraction of sp³-hybridized carbons (Fsp3) is 0.381. The fourth-order valence-electron chi connectivity index (χ4n) is 3.66. The van der Waals surface area contributed by atoms with Gasteiger partial charge < -0.3 is 14.8 Å². The van der Waals surface area contributed by atoms with Crippen molar-refractivity contribution in [2.75, 3.05) is 26.3 Å². The number of benzene rings is 2. The second-order valence-corrected chi connectivity index (χ2v) is 9.64. The Bertz CT molecular complexity index is 1040. The third kappa shape index (κ3) is 4.40. The lowest BCUT2D eigenvalue weighted by molar-refractivity contribution is -0.126. The standard InChI is InChI=1S/C21H23ClN2O5S/c22-18-4-2-1-3-16(18)14-23-21(25)15-7-9-24(10-8-15)30(26,27)17-5-6-19-20(13-17)29-12-11-28-19/h1-6,13,15H,7-12,14H2,(H,23,25). The van der Waals surface area contributed by atoms with Gasteiger partial charge in [0.25, 0.3) is 0 Å². The molecule has 2 aromatic carbocycles. The molecule has 0 aliphatic carbocycles. The molecule has 1 amide bonds. The van der Waals surface area contributed by atoms with Gasteiger partial charge in [-0.2, -0.15) is 4.31 Å². The summed E-state index contributed by atoms with van der Waals surface area (Å²) in [5.74, 6) is 0.691. The maximum Gasteiger partial charge on any atom is 0.243 e. The van der Waals surface area contributed by atoms with Crippen LogP contribution in [0.1, 0.15) is 18.4 Å². The van der Waals surface area contributed by atoms with E-state index in [-0.39, 0.29) is 16.7 Å². The van der Waals surface area contributed by atoms with Crippen LogP contribution in [0.15, 0.2) is 47.4 Å². The van der Waals surface area contributed by atoms with Crippen LogP contribution in [0.25, 0.3) is 0 Å². The summed E-state index contributed by atoms with van der Waals surface area (Å²) < 4.78 is 38.4. The molecule has 1 saturated heterocycles. The summed E-state index contributed by atoms with van der Waals surface area (Å²) in [6.07, 6.45) is 0.941. The number of halogens is 1. The smallest absolute Gasteiger partial charge is 0.243 e. The van der Waals surface area contributed by atoms with E-state index in [2.05, 4.69) is 5.32 Å². The van der Waals surface area contributed by atoms with Gasteiger partial charge in [-0.15, -0.1) is 0 Å². The highest BCUT2D eigenvalue weighted by Gasteiger charge is 2.32. The fourth-order valence-corrected chi connectivity index (χ4v) is 5.35. The molecule has 0 saturated carbocycles. The van der Waals surface area contributed by atoms with E-state index in [4.69, 9.17) is 21.1 Å². The van der Waals surface area contributed by atoms with Crippen LogP contribution < -0.4 is 14.8 Å². The maximum atomic E-state index is 13.0. The number of carbonyl (C=O) groups excluding carboxylic acids is 1. The molecule has 7 nitrogen and oxygen atoms in total. The van der Waals surface area contributed by atoms with E-state index in [0.29, 0.717) is 62.2 Å². The van der Waals surface area contributed by atoms with E-state index in [0.717, 1.165) is 5.56 Å². The van der Waals surface area contributed by atoms with Gasteiger partial charge in [0, 0.05) is 36.6 Å². The summed E-state index contributed by atoms with van der Waals surface area (Å²) >= 11 is 6.12. The molecule has 2 aliphatic rings. The van der Waals surface area contributed by atoms with E-state index < -0.39 is 10.0 Å². The molecule has 0 unspecified atom stereocenters. The number of piperidine rings is 1. The Morgan fingerprint density at radius 3 is 2.50 bits per heavy atom. The van der Waals surface area contributed by atoms with Gasteiger partial charge in [-0.25, -0.2) is 8.42 Å². The second-order valence-electron chi connectivity index (χ2n) is 7.29. The number of hydrogen-bond donors (Lipinski definition) is 1. The molecule has 0 bridgehead atoms. The van der Waals surface area contributed by atoms with Gasteiger partial charge in [0.15, 0.2) is 11.5 Å². The van der Waals surface area contributed by atoms with Crippen LogP contribution in [-0.2, 0) is 21.4 Å². The highest BCUT2D eigenvalue weighted by atomic mass is 35.5. The van der Waals surface area contributed by atoms with E-state index in [1.54, 1.807) is 12.1 Å². The zero-order chi connectivity index (χ0) is 21.1. The summed E-state index contributed by atoms with van der Waals surface area (Å²) in [6.45, 7) is 1.78. The first kappa shape index (κ1) is 21.0. The van der Waals surface area contributed by atoms with Crippen molar-refractivity contribution in [3.8, 4) is 11.5 Å². The Kier molecular flexibility index (Phi) is 6.17. The average molecular weight is 451 g/mol. The molecule has 1 fully saturated rings. The molecule has 30 heavy (non-hydrogen) atoms. The van der Waals surface area contributed by atoms with Crippen molar-refractivity contribution in [1.82, 2.24) is 9.62 Å². The minimum absolute atomic E-state index is 0.0775. The number of amides is 1. The number of nitrogens with one attached hydrogen (secondary N) is 1. The van der Waals surface area contributed by atoms with Crippen molar-refractivity contribution >= 4 is 27.5 Å². The third-order valence-corrected chi connectivity index (χ3v) is 7.65. The van der Waals surface area contributed by atoms with Crippen LogP contribution in [-0.4, -0.2) is 44.9 Å². The Balaban J connectivity index is 1.35. The van der Waals surface area contributed by atoms with Crippen molar-refractivity contribution in [1.29, 1.82) is 0 Å². The number of sulfonamides is 1. The van der Waals surface area contributed by atoms with Crippen LogP contribution in [0.2, 0.25) is 5.02 Å². The monoisotopic (exact) mass is 450 g/mol. The summed E-state index contributed by atoms with van der Waals surface area (Å²) in [7, 11) is -3.66. The quantitative estimate of drug-likeness (QED) is 0.757. The van der Waals surface area contributed by atoms with E-state index in [1.165, 1.54) is 16.4 Å². The van der Waals surface area contributed by atoms with Gasteiger partial charge in [-0.05, 0) is 36.6 Å². The molecule has 2 aromatic rings. The lowest BCUT2D eigenvalue weighted by Crippen LogP contribution is -2.42. The van der Waals surface area contributed by atoms with Gasteiger partial charge in [-0.1, -0.05) is 29.8 Å². The van der Waals surface area contributed by atoms with Crippen LogP contribution in [0, 0.1) is 5.92 Å². The van der Waals surface area contributed by atoms with Crippen molar-refractivity contribution in [3.05, 3.63) is 53.1 Å². The molecule has 0 spiro atoms. The van der Waals surface area contributed by atoms with Crippen LogP contribution in [0.5, 0.6) is 11.5 Å². The maximum absolute atomic E-state index is 13.0. The topological polar surface area (TPSA) is 84.9 Å². The SMILES string of the molecule is O=C(NCc1ccccc1Cl)C1CCN(S(=O)(=O)c2ccc3c(c2)OCCO3)CC1. The lowest BCUT2D eigenvalue weighted by atomic mass is 9.97. The van der Waals surface area contributed by atoms with Gasteiger partial charge in [-0.3, -0.25) is 4.79 Å². The number of rotatable bonds is 5. The zero-order valence-corrected chi connectivity index (χ0v) is 17.9. The molecule has 160 valence electrons. The lowest BCUT2D eigenvalue weighted by Gasteiger charge is -2.31. The Morgan fingerprint density at radius 1 is 1.07 bits per heavy atom. The minimum atomic E-state index is -3.66. The number of fused-ring (bicyclic) bond motifs is 1. The first-order chi connectivity index (χ1) is 14.4. The number of nitrogens with zero attached hydrogens (tertiary/aromatic N) is 1. The number of carbonyl (C=O) groups is 1. The Hall–Kier alpha value is -2.29. The van der Waals surface area contributed by atoms with Crippen LogP contribution in [0.3, 0.4) is 0 Å². The molecule has 0 radical (unpaired) electrons. The van der Waals surface area contributed by atoms with Gasteiger partial charge in [0.1, 0.15) is 13.2 Å². The predicted octanol–water partition coefficient (Wildman–Crippen LogP) is 2.83. The van der Waals surface area contributed by atoms with Crippen molar-refractivity contribution in [2.24, 2.45) is 5.92 Å². The third-order valence-electron chi connectivity index (χ3n) is 5.39. The molecule has 2 heterocycles. The van der Waals surface area contributed by atoms with Crippen molar-refractivity contribution in [3.63, 3.8) is 0 Å². The molecule has 0 aromatic heterocycles. The molecular weight excluding hydrogens is 428 g/mol. The highest BCUT2D eigenvalue weighted by Crippen LogP contribution is 2.34. The second kappa shape index (κ2) is 8.83. The molecule has 9 heteroatoms. The number of ether oxygens (including phenoxy) is 2.